The first kappa shape index (κ1) is 18.4. The molecule has 0 amide bonds. The van der Waals surface area contributed by atoms with Crippen LogP contribution in [0.4, 0.5) is 0 Å². The fraction of sp³-hybridized carbons (Fsp3) is 0.0870. The van der Waals surface area contributed by atoms with Crippen LogP contribution < -0.4 is 5.63 Å². The van der Waals surface area contributed by atoms with Gasteiger partial charge in [0, 0.05) is 17.0 Å². The summed E-state index contributed by atoms with van der Waals surface area (Å²) in [6, 6.07) is 20.2. The molecular weight excluding hydrogens is 402 g/mol. The maximum Gasteiger partial charge on any atom is 0.336 e. The van der Waals surface area contributed by atoms with Gasteiger partial charge in [-0.05, 0) is 29.0 Å². The predicted molar refractivity (Wildman–Crippen MR) is 115 cm³/mol. The number of fused-ring (bicyclic) bond motifs is 4. The third-order valence-corrected chi connectivity index (χ3v) is 5.49. The van der Waals surface area contributed by atoms with Crippen LogP contribution in [0.3, 0.4) is 0 Å². The molecule has 0 saturated heterocycles. The van der Waals surface area contributed by atoms with Crippen molar-refractivity contribution < 1.29 is 18.4 Å². The minimum absolute atomic E-state index is 0.0247. The normalized spacial score (nSPS) is 11.3. The molecule has 2 heterocycles. The molecule has 3 aromatic carbocycles. The maximum atomic E-state index is 12.3. The van der Waals surface area contributed by atoms with E-state index >= 15 is 0 Å². The molecule has 0 aliphatic rings. The van der Waals surface area contributed by atoms with Gasteiger partial charge in [-0.1, -0.05) is 54.2 Å². The number of oxazole rings is 1. The van der Waals surface area contributed by atoms with Crippen LogP contribution in [-0.4, -0.2) is 16.7 Å². The number of carbonyl (C=O) groups is 1. The Morgan fingerprint density at radius 1 is 0.967 bits per heavy atom. The third-order valence-electron chi connectivity index (χ3n) is 4.69. The average molecular weight is 417 g/mol. The average Bonchev–Trinajstić information content (AvgIpc) is 3.18. The predicted octanol–water partition coefficient (Wildman–Crippen LogP) is 4.92. The van der Waals surface area contributed by atoms with Gasteiger partial charge in [-0.25, -0.2) is 9.78 Å². The summed E-state index contributed by atoms with van der Waals surface area (Å²) >= 11 is 1.17. The lowest BCUT2D eigenvalue weighted by Crippen LogP contribution is -2.09. The highest BCUT2D eigenvalue weighted by molar-refractivity contribution is 7.99. The van der Waals surface area contributed by atoms with E-state index in [-0.39, 0.29) is 12.4 Å². The lowest BCUT2D eigenvalue weighted by Gasteiger charge is -2.09. The highest BCUT2D eigenvalue weighted by Crippen LogP contribution is 2.28. The minimum atomic E-state index is -0.482. The number of nitrogens with zero attached hydrogens (tertiary/aromatic N) is 1. The van der Waals surface area contributed by atoms with Crippen LogP contribution in [0.5, 0.6) is 0 Å². The largest absolute Gasteiger partial charge is 0.460 e. The second kappa shape index (κ2) is 7.68. The van der Waals surface area contributed by atoms with Crippen molar-refractivity contribution in [1.82, 2.24) is 4.98 Å². The van der Waals surface area contributed by atoms with Crippen LogP contribution in [0.15, 0.2) is 85.6 Å². The quantitative estimate of drug-likeness (QED) is 0.174. The van der Waals surface area contributed by atoms with Gasteiger partial charge in [0.2, 0.25) is 0 Å². The molecule has 0 atom stereocenters. The van der Waals surface area contributed by atoms with Crippen molar-refractivity contribution in [3.05, 3.63) is 82.7 Å². The highest BCUT2D eigenvalue weighted by Gasteiger charge is 2.13. The van der Waals surface area contributed by atoms with E-state index in [2.05, 4.69) is 4.98 Å². The van der Waals surface area contributed by atoms with Crippen LogP contribution >= 0.6 is 11.8 Å². The summed E-state index contributed by atoms with van der Waals surface area (Å²) in [5, 5.41) is 3.13. The Morgan fingerprint density at radius 2 is 1.80 bits per heavy atom. The molecule has 2 aromatic heterocycles. The maximum absolute atomic E-state index is 12.3. The van der Waals surface area contributed by atoms with Crippen molar-refractivity contribution in [3.63, 3.8) is 0 Å². The number of hydrogen-bond acceptors (Lipinski definition) is 7. The molecule has 0 unspecified atom stereocenters. The van der Waals surface area contributed by atoms with Gasteiger partial charge in [-0.3, -0.25) is 4.79 Å². The van der Waals surface area contributed by atoms with Gasteiger partial charge in [-0.15, -0.1) is 0 Å². The van der Waals surface area contributed by atoms with Crippen molar-refractivity contribution in [2.45, 2.75) is 11.8 Å². The number of thioether (sulfide) groups is 1. The Bertz CT molecular complexity index is 1420. The molecule has 0 saturated carbocycles. The number of hydrogen-bond donors (Lipinski definition) is 0. The van der Waals surface area contributed by atoms with Gasteiger partial charge in [0.1, 0.15) is 23.5 Å². The Kier molecular flexibility index (Phi) is 4.72. The van der Waals surface area contributed by atoms with Crippen LogP contribution in [0.1, 0.15) is 5.56 Å². The van der Waals surface area contributed by atoms with E-state index in [9.17, 15) is 9.59 Å². The van der Waals surface area contributed by atoms with Crippen LogP contribution in [0, 0.1) is 0 Å². The van der Waals surface area contributed by atoms with E-state index in [1.165, 1.54) is 17.8 Å². The SMILES string of the molecule is O=C(CSc1nc2ccccc2o1)OCc1cc(=O)oc2ccc3ccccc3c12. The number of aromatic nitrogens is 1. The molecule has 0 aliphatic carbocycles. The minimum Gasteiger partial charge on any atom is -0.460 e. The lowest BCUT2D eigenvalue weighted by atomic mass is 10.0. The number of carbonyl (C=O) groups excluding carboxylic acids is 1. The number of benzene rings is 3. The molecule has 0 spiro atoms. The molecule has 5 aromatic rings. The van der Waals surface area contributed by atoms with Crippen molar-refractivity contribution in [1.29, 1.82) is 0 Å². The van der Waals surface area contributed by atoms with Crippen molar-refractivity contribution in [3.8, 4) is 0 Å². The molecule has 7 heteroatoms. The molecule has 0 fully saturated rings. The Balaban J connectivity index is 1.34. The van der Waals surface area contributed by atoms with E-state index in [1.54, 1.807) is 6.07 Å². The smallest absolute Gasteiger partial charge is 0.336 e. The first-order valence-corrected chi connectivity index (χ1v) is 10.2. The van der Waals surface area contributed by atoms with E-state index in [0.29, 0.717) is 22.0 Å². The van der Waals surface area contributed by atoms with Gasteiger partial charge < -0.3 is 13.6 Å². The fourth-order valence-corrected chi connectivity index (χ4v) is 4.00. The summed E-state index contributed by atoms with van der Waals surface area (Å²) in [4.78, 5) is 28.5. The Hall–Kier alpha value is -3.58. The Morgan fingerprint density at radius 3 is 2.70 bits per heavy atom. The standard InChI is InChI=1S/C23H15NO5S/c25-20-11-15(22-16-6-2-1-5-14(16)9-10-19(22)28-20)12-27-21(26)13-30-23-24-17-7-3-4-8-18(17)29-23/h1-11H,12-13H2. The monoisotopic (exact) mass is 417 g/mol. The highest BCUT2D eigenvalue weighted by atomic mass is 32.2. The molecule has 0 aliphatic heterocycles. The molecule has 148 valence electrons. The second-order valence-corrected chi connectivity index (χ2v) is 7.57. The van der Waals surface area contributed by atoms with Crippen molar-refractivity contribution in [2.24, 2.45) is 0 Å². The number of rotatable bonds is 5. The molecule has 5 rings (SSSR count). The summed E-state index contributed by atoms with van der Waals surface area (Å²) in [7, 11) is 0. The summed E-state index contributed by atoms with van der Waals surface area (Å²) < 4.78 is 16.3. The van der Waals surface area contributed by atoms with E-state index in [4.69, 9.17) is 13.6 Å². The van der Waals surface area contributed by atoms with Crippen LogP contribution in [0.2, 0.25) is 0 Å². The summed E-state index contributed by atoms with van der Waals surface area (Å²) in [6.45, 7) is -0.0247. The third kappa shape index (κ3) is 3.55. The number of ether oxygens (including phenoxy) is 1. The topological polar surface area (TPSA) is 82.5 Å². The molecule has 0 radical (unpaired) electrons. The molecule has 0 bridgehead atoms. The first-order valence-electron chi connectivity index (χ1n) is 9.26. The molecule has 30 heavy (non-hydrogen) atoms. The first-order chi connectivity index (χ1) is 14.7. The second-order valence-electron chi connectivity index (χ2n) is 6.65. The molecular formula is C23H15NO5S. The van der Waals surface area contributed by atoms with Crippen molar-refractivity contribution >= 4 is 50.6 Å². The lowest BCUT2D eigenvalue weighted by molar-refractivity contribution is -0.141. The Labute approximate surface area is 174 Å². The summed E-state index contributed by atoms with van der Waals surface area (Å²) in [5.74, 6) is -0.378. The number of para-hydroxylation sites is 2. The number of esters is 1. The van der Waals surface area contributed by atoms with E-state index in [0.717, 1.165) is 21.7 Å². The van der Waals surface area contributed by atoms with Crippen LogP contribution in [-0.2, 0) is 16.1 Å². The van der Waals surface area contributed by atoms with Gasteiger partial charge in [0.15, 0.2) is 5.58 Å². The zero-order chi connectivity index (χ0) is 20.5. The summed E-state index contributed by atoms with van der Waals surface area (Å²) in [6.07, 6.45) is 0. The van der Waals surface area contributed by atoms with Crippen molar-refractivity contribution in [2.75, 3.05) is 5.75 Å². The van der Waals surface area contributed by atoms with Crippen LogP contribution in [0.25, 0.3) is 32.8 Å². The summed E-state index contributed by atoms with van der Waals surface area (Å²) in [5.41, 5.74) is 2.00. The zero-order valence-corrected chi connectivity index (χ0v) is 16.5. The van der Waals surface area contributed by atoms with Gasteiger partial charge in [0.25, 0.3) is 5.22 Å². The van der Waals surface area contributed by atoms with E-state index < -0.39 is 11.6 Å². The zero-order valence-electron chi connectivity index (χ0n) is 15.7. The molecule has 6 nitrogen and oxygen atoms in total. The molecule has 0 N–H and O–H groups in total. The van der Waals surface area contributed by atoms with Gasteiger partial charge >= 0.3 is 11.6 Å². The fourth-order valence-electron chi connectivity index (χ4n) is 3.37. The van der Waals surface area contributed by atoms with E-state index in [1.807, 2.05) is 54.6 Å². The van der Waals surface area contributed by atoms with Gasteiger partial charge in [-0.2, -0.15) is 0 Å². The van der Waals surface area contributed by atoms with Gasteiger partial charge in [0.05, 0.1) is 0 Å².